The van der Waals surface area contributed by atoms with Crippen LogP contribution in [0.3, 0.4) is 0 Å². The minimum absolute atomic E-state index is 0.0175. The Morgan fingerprint density at radius 1 is 1.00 bits per heavy atom. The molecule has 0 aliphatic carbocycles. The molecular formula is C23H21BrN2O2S. The van der Waals surface area contributed by atoms with Gasteiger partial charge in [-0.05, 0) is 46.1 Å². The summed E-state index contributed by atoms with van der Waals surface area (Å²) in [5.41, 5.74) is 6.53. The van der Waals surface area contributed by atoms with Crippen LogP contribution in [0.2, 0.25) is 0 Å². The molecule has 0 fully saturated rings. The molecule has 6 heteroatoms. The maximum atomic E-state index is 6.09. The quantitative estimate of drug-likeness (QED) is 0.453. The first-order chi connectivity index (χ1) is 14.2. The summed E-state index contributed by atoms with van der Waals surface area (Å²) >= 11 is 5.36. The molecule has 0 bridgehead atoms. The van der Waals surface area contributed by atoms with E-state index in [1.807, 2.05) is 61.5 Å². The number of ether oxygens (including phenoxy) is 2. The van der Waals surface area contributed by atoms with Crippen LogP contribution in [-0.2, 0) is 6.61 Å². The van der Waals surface area contributed by atoms with Crippen LogP contribution in [0.15, 0.2) is 82.4 Å². The van der Waals surface area contributed by atoms with Crippen molar-refractivity contribution in [2.45, 2.75) is 18.9 Å². The lowest BCUT2D eigenvalue weighted by atomic mass is 10.2. The van der Waals surface area contributed by atoms with E-state index in [-0.39, 0.29) is 5.37 Å². The van der Waals surface area contributed by atoms with E-state index in [4.69, 9.17) is 9.47 Å². The molecule has 0 saturated heterocycles. The van der Waals surface area contributed by atoms with Gasteiger partial charge in [-0.15, -0.1) is 0 Å². The van der Waals surface area contributed by atoms with Crippen LogP contribution < -0.4 is 14.9 Å². The minimum Gasteiger partial charge on any atom is -0.490 e. The lowest BCUT2D eigenvalue weighted by Gasteiger charge is -2.17. The largest absolute Gasteiger partial charge is 0.490 e. The van der Waals surface area contributed by atoms with E-state index in [0.717, 1.165) is 32.0 Å². The molecule has 1 aliphatic rings. The number of hydrazone groups is 1. The van der Waals surface area contributed by atoms with E-state index < -0.39 is 0 Å². The zero-order valence-electron chi connectivity index (χ0n) is 16.0. The minimum atomic E-state index is 0.0175. The van der Waals surface area contributed by atoms with Gasteiger partial charge >= 0.3 is 0 Å². The van der Waals surface area contributed by atoms with Crippen molar-refractivity contribution in [1.82, 2.24) is 5.43 Å². The summed E-state index contributed by atoms with van der Waals surface area (Å²) in [5, 5.41) is 5.51. The molecule has 0 saturated carbocycles. The third-order valence-electron chi connectivity index (χ3n) is 4.39. The number of thioether (sulfide) groups is 1. The highest BCUT2D eigenvalue weighted by atomic mass is 79.9. The summed E-state index contributed by atoms with van der Waals surface area (Å²) in [6.45, 7) is 3.02. The number of benzene rings is 3. The SMILES string of the molecule is CCOc1cc([C@H]2NN=C(c3ccccc3)S2)cc(Br)c1OCc1ccccc1. The molecule has 1 N–H and O–H groups in total. The van der Waals surface area contributed by atoms with Gasteiger partial charge in [0.25, 0.3) is 0 Å². The third kappa shape index (κ3) is 4.77. The zero-order chi connectivity index (χ0) is 20.1. The summed E-state index contributed by atoms with van der Waals surface area (Å²) in [6, 6.07) is 24.4. The Labute approximate surface area is 183 Å². The van der Waals surface area contributed by atoms with Crippen molar-refractivity contribution in [1.29, 1.82) is 0 Å². The molecule has 0 aromatic heterocycles. The predicted octanol–water partition coefficient (Wildman–Crippen LogP) is 6.12. The van der Waals surface area contributed by atoms with Gasteiger partial charge in [0.2, 0.25) is 0 Å². The van der Waals surface area contributed by atoms with Crippen molar-refractivity contribution < 1.29 is 9.47 Å². The number of rotatable bonds is 7. The Morgan fingerprint density at radius 3 is 2.45 bits per heavy atom. The molecule has 3 aromatic carbocycles. The van der Waals surface area contributed by atoms with Gasteiger partial charge in [-0.1, -0.05) is 72.4 Å². The zero-order valence-corrected chi connectivity index (χ0v) is 18.4. The first-order valence-corrected chi connectivity index (χ1v) is 11.1. The fourth-order valence-corrected chi connectivity index (χ4v) is 4.56. The Kier molecular flexibility index (Phi) is 6.42. The van der Waals surface area contributed by atoms with Gasteiger partial charge in [-0.2, -0.15) is 5.10 Å². The van der Waals surface area contributed by atoms with Crippen LogP contribution in [0.25, 0.3) is 0 Å². The summed E-state index contributed by atoms with van der Waals surface area (Å²) < 4.78 is 12.8. The molecule has 0 spiro atoms. The van der Waals surface area contributed by atoms with Gasteiger partial charge in [0, 0.05) is 5.56 Å². The molecule has 4 nitrogen and oxygen atoms in total. The van der Waals surface area contributed by atoms with Crippen LogP contribution in [0, 0.1) is 0 Å². The predicted molar refractivity (Wildman–Crippen MR) is 123 cm³/mol. The van der Waals surface area contributed by atoms with E-state index in [1.54, 1.807) is 11.8 Å². The van der Waals surface area contributed by atoms with Crippen LogP contribution in [0.4, 0.5) is 0 Å². The smallest absolute Gasteiger partial charge is 0.175 e. The topological polar surface area (TPSA) is 42.8 Å². The maximum absolute atomic E-state index is 6.09. The summed E-state index contributed by atoms with van der Waals surface area (Å²) in [5.74, 6) is 1.44. The van der Waals surface area contributed by atoms with Crippen molar-refractivity contribution in [3.05, 3.63) is 94.0 Å². The standard InChI is InChI=1S/C23H21BrN2O2S/c1-2-27-20-14-18(23-26-25-22(29-23)17-11-7-4-8-12-17)13-19(24)21(20)28-15-16-9-5-3-6-10-16/h3-14,23,26H,2,15H2,1H3/t23-/m0/s1. The third-order valence-corrected chi connectivity index (χ3v) is 6.15. The molecule has 148 valence electrons. The van der Waals surface area contributed by atoms with Crippen LogP contribution in [-0.4, -0.2) is 11.7 Å². The second-order valence-corrected chi connectivity index (χ2v) is 8.40. The number of halogens is 1. The highest BCUT2D eigenvalue weighted by Crippen LogP contribution is 2.42. The molecule has 29 heavy (non-hydrogen) atoms. The molecule has 0 radical (unpaired) electrons. The first kappa shape index (κ1) is 19.9. The molecule has 1 aliphatic heterocycles. The second kappa shape index (κ2) is 9.37. The van der Waals surface area contributed by atoms with E-state index >= 15 is 0 Å². The Hall–Kier alpha value is -2.44. The number of nitrogens with zero attached hydrogens (tertiary/aromatic N) is 1. The summed E-state index contributed by atoms with van der Waals surface area (Å²) in [7, 11) is 0. The van der Waals surface area contributed by atoms with Crippen LogP contribution >= 0.6 is 27.7 Å². The normalized spacial score (nSPS) is 15.5. The highest BCUT2D eigenvalue weighted by molar-refractivity contribution is 9.10. The Balaban J connectivity index is 1.53. The average Bonchev–Trinajstić information content (AvgIpc) is 3.25. The number of nitrogens with one attached hydrogen (secondary N) is 1. The fraction of sp³-hybridized carbons (Fsp3) is 0.174. The van der Waals surface area contributed by atoms with Gasteiger partial charge in [-0.3, -0.25) is 5.43 Å². The van der Waals surface area contributed by atoms with Crippen molar-refractivity contribution in [2.75, 3.05) is 6.61 Å². The summed E-state index contributed by atoms with van der Waals surface area (Å²) in [4.78, 5) is 0. The van der Waals surface area contributed by atoms with E-state index in [9.17, 15) is 0 Å². The van der Waals surface area contributed by atoms with Crippen LogP contribution in [0.5, 0.6) is 11.5 Å². The lowest BCUT2D eigenvalue weighted by Crippen LogP contribution is -2.08. The maximum Gasteiger partial charge on any atom is 0.175 e. The van der Waals surface area contributed by atoms with E-state index in [1.165, 1.54) is 0 Å². The van der Waals surface area contributed by atoms with Gasteiger partial charge < -0.3 is 9.47 Å². The molecule has 1 atom stereocenters. The molecule has 4 rings (SSSR count). The van der Waals surface area contributed by atoms with Crippen molar-refractivity contribution in [2.24, 2.45) is 5.10 Å². The van der Waals surface area contributed by atoms with Gasteiger partial charge in [0.1, 0.15) is 17.0 Å². The molecule has 0 unspecified atom stereocenters. The van der Waals surface area contributed by atoms with Crippen molar-refractivity contribution in [3.63, 3.8) is 0 Å². The van der Waals surface area contributed by atoms with Gasteiger partial charge in [0.15, 0.2) is 11.5 Å². The number of hydrogen-bond donors (Lipinski definition) is 1. The fourth-order valence-electron chi connectivity index (χ4n) is 3.01. The van der Waals surface area contributed by atoms with E-state index in [0.29, 0.717) is 19.0 Å². The molecule has 0 amide bonds. The van der Waals surface area contributed by atoms with Gasteiger partial charge in [0.05, 0.1) is 11.1 Å². The first-order valence-electron chi connectivity index (χ1n) is 9.43. The molecule has 3 aromatic rings. The van der Waals surface area contributed by atoms with E-state index in [2.05, 4.69) is 44.7 Å². The molecular weight excluding hydrogens is 448 g/mol. The lowest BCUT2D eigenvalue weighted by molar-refractivity contribution is 0.267. The highest BCUT2D eigenvalue weighted by Gasteiger charge is 2.24. The number of hydrogen-bond acceptors (Lipinski definition) is 5. The molecule has 1 heterocycles. The Morgan fingerprint density at radius 2 is 1.72 bits per heavy atom. The Bertz CT molecular complexity index is 997. The van der Waals surface area contributed by atoms with Gasteiger partial charge in [-0.25, -0.2) is 0 Å². The average molecular weight is 469 g/mol. The summed E-state index contributed by atoms with van der Waals surface area (Å²) in [6.07, 6.45) is 0. The second-order valence-electron chi connectivity index (χ2n) is 6.45. The van der Waals surface area contributed by atoms with Crippen LogP contribution in [0.1, 0.15) is 29.0 Å². The van der Waals surface area contributed by atoms with Crippen molar-refractivity contribution in [3.8, 4) is 11.5 Å². The monoisotopic (exact) mass is 468 g/mol. The van der Waals surface area contributed by atoms with Crippen molar-refractivity contribution >= 4 is 32.7 Å².